The van der Waals surface area contributed by atoms with Crippen LogP contribution in [0.25, 0.3) is 0 Å². The first-order valence-electron chi connectivity index (χ1n) is 6.37. The molecular weight excluding hydrogens is 324 g/mol. The molecule has 19 heavy (non-hydrogen) atoms. The largest absolute Gasteiger partial charge is 0.355 e. The van der Waals surface area contributed by atoms with Crippen LogP contribution in [0.3, 0.4) is 0 Å². The molecule has 2 heterocycles. The van der Waals surface area contributed by atoms with Crippen LogP contribution >= 0.6 is 27.5 Å². The van der Waals surface area contributed by atoms with Crippen molar-refractivity contribution in [1.29, 1.82) is 0 Å². The third-order valence-corrected chi connectivity index (χ3v) is 4.30. The van der Waals surface area contributed by atoms with E-state index in [1.807, 2.05) is 6.07 Å². The van der Waals surface area contributed by atoms with E-state index in [-0.39, 0.29) is 0 Å². The predicted octanol–water partition coefficient (Wildman–Crippen LogP) is 4.10. The van der Waals surface area contributed by atoms with Crippen LogP contribution in [-0.2, 0) is 12.8 Å². The van der Waals surface area contributed by atoms with E-state index >= 15 is 0 Å². The minimum atomic E-state index is 0.661. The molecule has 1 aliphatic heterocycles. The van der Waals surface area contributed by atoms with Crippen LogP contribution in [0, 0.1) is 0 Å². The van der Waals surface area contributed by atoms with Crippen molar-refractivity contribution in [3.8, 4) is 0 Å². The number of halogens is 2. The summed E-state index contributed by atoms with van der Waals surface area (Å²) in [7, 11) is 0. The van der Waals surface area contributed by atoms with Gasteiger partial charge in [-0.25, -0.2) is 4.98 Å². The monoisotopic (exact) mass is 336 g/mol. The Bertz CT molecular complexity index is 573. The zero-order valence-corrected chi connectivity index (χ0v) is 12.8. The first-order chi connectivity index (χ1) is 9.24. The van der Waals surface area contributed by atoms with Crippen molar-refractivity contribution in [3.63, 3.8) is 0 Å². The zero-order chi connectivity index (χ0) is 13.2. The summed E-state index contributed by atoms with van der Waals surface area (Å²) in [5.74, 6) is 0.984. The van der Waals surface area contributed by atoms with Crippen LogP contribution in [-0.4, -0.2) is 18.1 Å². The first kappa shape index (κ1) is 12.9. The molecule has 2 nitrogen and oxygen atoms in total. The topological polar surface area (TPSA) is 16.1 Å². The number of benzene rings is 1. The summed E-state index contributed by atoms with van der Waals surface area (Å²) in [6.07, 6.45) is 3.83. The van der Waals surface area contributed by atoms with E-state index in [1.165, 1.54) is 11.1 Å². The highest BCUT2D eigenvalue weighted by molar-refractivity contribution is 9.10. The highest BCUT2D eigenvalue weighted by Gasteiger charge is 2.16. The van der Waals surface area contributed by atoms with Gasteiger partial charge >= 0.3 is 0 Å². The normalized spacial score (nSPS) is 14.9. The van der Waals surface area contributed by atoms with Gasteiger partial charge in [0.05, 0.1) is 9.50 Å². The van der Waals surface area contributed by atoms with Crippen molar-refractivity contribution in [2.24, 2.45) is 0 Å². The number of rotatable bonds is 1. The molecule has 2 aromatic rings. The fraction of sp³-hybridized carbons (Fsp3) is 0.267. The summed E-state index contributed by atoms with van der Waals surface area (Å²) in [6.45, 7) is 1.98. The fourth-order valence-corrected chi connectivity index (χ4v) is 3.41. The van der Waals surface area contributed by atoms with E-state index in [2.05, 4.69) is 50.1 Å². The number of anilines is 1. The summed E-state index contributed by atoms with van der Waals surface area (Å²) in [5, 5.41) is 0.661. The summed E-state index contributed by atoms with van der Waals surface area (Å²) < 4.78 is 0.964. The molecule has 0 unspecified atom stereocenters. The van der Waals surface area contributed by atoms with Gasteiger partial charge in [-0.1, -0.05) is 35.9 Å². The molecule has 0 bridgehead atoms. The van der Waals surface area contributed by atoms with Crippen molar-refractivity contribution < 1.29 is 0 Å². The average molecular weight is 338 g/mol. The third kappa shape index (κ3) is 2.77. The fourth-order valence-electron chi connectivity index (χ4n) is 2.52. The van der Waals surface area contributed by atoms with Gasteiger partial charge in [0.2, 0.25) is 0 Å². The highest BCUT2D eigenvalue weighted by Crippen LogP contribution is 2.28. The minimum Gasteiger partial charge on any atom is -0.355 e. The number of pyridine rings is 1. The molecule has 1 aliphatic rings. The van der Waals surface area contributed by atoms with Gasteiger partial charge < -0.3 is 4.90 Å². The molecule has 0 N–H and O–H groups in total. The van der Waals surface area contributed by atoms with Crippen LogP contribution in [0.2, 0.25) is 5.02 Å². The molecule has 3 rings (SSSR count). The van der Waals surface area contributed by atoms with Gasteiger partial charge in [-0.3, -0.25) is 0 Å². The van der Waals surface area contributed by atoms with Gasteiger partial charge in [-0.05, 0) is 46.0 Å². The van der Waals surface area contributed by atoms with Crippen LogP contribution in [0.15, 0.2) is 41.0 Å². The standard InChI is InChI=1S/C15H14BrClN2/c16-14-9-13(17)10-18-15(14)19-7-5-11-3-1-2-4-12(11)6-8-19/h1-4,9-10H,5-8H2. The van der Waals surface area contributed by atoms with Crippen LogP contribution in [0.1, 0.15) is 11.1 Å². The van der Waals surface area contributed by atoms with Gasteiger partial charge in [-0.2, -0.15) is 0 Å². The molecule has 0 aliphatic carbocycles. The summed E-state index contributed by atoms with van der Waals surface area (Å²) >= 11 is 9.50. The van der Waals surface area contributed by atoms with Gasteiger partial charge in [0.15, 0.2) is 0 Å². The molecule has 98 valence electrons. The molecule has 0 radical (unpaired) electrons. The Hall–Kier alpha value is -1.06. The van der Waals surface area contributed by atoms with Gasteiger partial charge in [-0.15, -0.1) is 0 Å². The molecule has 0 spiro atoms. The lowest BCUT2D eigenvalue weighted by atomic mass is 10.0. The van der Waals surface area contributed by atoms with E-state index in [9.17, 15) is 0 Å². The highest BCUT2D eigenvalue weighted by atomic mass is 79.9. The Kier molecular flexibility index (Phi) is 3.76. The molecule has 1 aromatic carbocycles. The number of hydrogen-bond acceptors (Lipinski definition) is 2. The lowest BCUT2D eigenvalue weighted by molar-refractivity contribution is 0.788. The minimum absolute atomic E-state index is 0.661. The van der Waals surface area contributed by atoms with Crippen molar-refractivity contribution in [1.82, 2.24) is 4.98 Å². The third-order valence-electron chi connectivity index (χ3n) is 3.51. The van der Waals surface area contributed by atoms with Crippen molar-refractivity contribution in [3.05, 3.63) is 57.2 Å². The van der Waals surface area contributed by atoms with E-state index in [1.54, 1.807) is 6.20 Å². The van der Waals surface area contributed by atoms with Crippen LogP contribution < -0.4 is 4.90 Å². The van der Waals surface area contributed by atoms with E-state index < -0.39 is 0 Å². The number of nitrogens with zero attached hydrogens (tertiary/aromatic N) is 2. The summed E-state index contributed by atoms with van der Waals surface area (Å²) in [6, 6.07) is 10.6. The quantitative estimate of drug-likeness (QED) is 0.779. The van der Waals surface area contributed by atoms with E-state index in [0.29, 0.717) is 5.02 Å². The van der Waals surface area contributed by atoms with Gasteiger partial charge in [0.1, 0.15) is 5.82 Å². The van der Waals surface area contributed by atoms with Gasteiger partial charge in [0.25, 0.3) is 0 Å². The molecule has 0 atom stereocenters. The van der Waals surface area contributed by atoms with Crippen molar-refractivity contribution in [2.45, 2.75) is 12.8 Å². The molecular formula is C15H14BrClN2. The SMILES string of the molecule is Clc1cnc(N2CCc3ccccc3CC2)c(Br)c1. The second kappa shape index (κ2) is 5.51. The number of aromatic nitrogens is 1. The smallest absolute Gasteiger partial charge is 0.142 e. The molecule has 1 aromatic heterocycles. The summed E-state index contributed by atoms with van der Waals surface area (Å²) in [4.78, 5) is 6.77. The Balaban J connectivity index is 1.85. The Morgan fingerprint density at radius 2 is 1.74 bits per heavy atom. The predicted molar refractivity (Wildman–Crippen MR) is 83.0 cm³/mol. The van der Waals surface area contributed by atoms with E-state index in [4.69, 9.17) is 11.6 Å². The maximum Gasteiger partial charge on any atom is 0.142 e. The van der Waals surface area contributed by atoms with E-state index in [0.717, 1.165) is 36.2 Å². The Morgan fingerprint density at radius 3 is 2.32 bits per heavy atom. The molecule has 0 saturated carbocycles. The number of hydrogen-bond donors (Lipinski definition) is 0. The average Bonchev–Trinajstić information content (AvgIpc) is 2.62. The van der Waals surface area contributed by atoms with Crippen LogP contribution in [0.4, 0.5) is 5.82 Å². The second-order valence-electron chi connectivity index (χ2n) is 4.71. The zero-order valence-electron chi connectivity index (χ0n) is 10.4. The maximum absolute atomic E-state index is 5.95. The number of fused-ring (bicyclic) bond motifs is 1. The summed E-state index contributed by atoms with van der Waals surface area (Å²) in [5.41, 5.74) is 2.91. The molecule has 0 amide bonds. The first-order valence-corrected chi connectivity index (χ1v) is 7.54. The maximum atomic E-state index is 5.95. The van der Waals surface area contributed by atoms with Gasteiger partial charge in [0, 0.05) is 19.3 Å². The van der Waals surface area contributed by atoms with Crippen molar-refractivity contribution in [2.75, 3.05) is 18.0 Å². The second-order valence-corrected chi connectivity index (χ2v) is 6.01. The molecule has 0 saturated heterocycles. The lowest BCUT2D eigenvalue weighted by Gasteiger charge is -2.22. The molecule has 4 heteroatoms. The Morgan fingerprint density at radius 1 is 1.11 bits per heavy atom. The van der Waals surface area contributed by atoms with Crippen molar-refractivity contribution >= 4 is 33.3 Å². The Labute approximate surface area is 126 Å². The lowest BCUT2D eigenvalue weighted by Crippen LogP contribution is -2.27. The molecule has 0 fully saturated rings. The van der Waals surface area contributed by atoms with Crippen LogP contribution in [0.5, 0.6) is 0 Å².